The maximum absolute atomic E-state index is 12.1. The Hall–Kier alpha value is -1.89. The molecule has 7 nitrogen and oxygen atoms in total. The van der Waals surface area contributed by atoms with E-state index in [1.165, 1.54) is 5.57 Å². The van der Waals surface area contributed by atoms with Crippen molar-refractivity contribution < 1.29 is 24.3 Å². The van der Waals surface area contributed by atoms with E-state index in [4.69, 9.17) is 14.7 Å². The Morgan fingerprint density at radius 2 is 2.42 bits per heavy atom. The molecule has 0 saturated heterocycles. The first kappa shape index (κ1) is 13.5. The second-order valence-electron chi connectivity index (χ2n) is 4.47. The average molecular weight is 268 g/mol. The SMILES string of the molecule is COCC1=CCN(C(=O)C2CC(C(=O)O)=NO2)CC1. The molecule has 1 N–H and O–H groups in total. The summed E-state index contributed by atoms with van der Waals surface area (Å²) < 4.78 is 5.04. The van der Waals surface area contributed by atoms with Crippen LogP contribution in [0.2, 0.25) is 0 Å². The number of ether oxygens (including phenoxy) is 1. The number of carboxylic acid groups (broad SMARTS) is 1. The monoisotopic (exact) mass is 268 g/mol. The van der Waals surface area contributed by atoms with E-state index < -0.39 is 12.1 Å². The molecule has 0 aromatic rings. The lowest BCUT2D eigenvalue weighted by molar-refractivity contribution is -0.141. The summed E-state index contributed by atoms with van der Waals surface area (Å²) in [6.45, 7) is 1.67. The summed E-state index contributed by atoms with van der Waals surface area (Å²) in [6.07, 6.45) is 1.94. The average Bonchev–Trinajstić information content (AvgIpc) is 2.89. The number of carbonyl (C=O) groups is 2. The highest BCUT2D eigenvalue weighted by atomic mass is 16.6. The molecule has 104 valence electrons. The lowest BCUT2D eigenvalue weighted by atomic mass is 10.1. The molecule has 19 heavy (non-hydrogen) atoms. The first-order valence-corrected chi connectivity index (χ1v) is 6.03. The molecule has 0 aromatic heterocycles. The van der Waals surface area contributed by atoms with Gasteiger partial charge in [-0.1, -0.05) is 11.2 Å². The molecule has 0 bridgehead atoms. The summed E-state index contributed by atoms with van der Waals surface area (Å²) in [7, 11) is 1.63. The number of rotatable bonds is 4. The topological polar surface area (TPSA) is 88.4 Å². The minimum Gasteiger partial charge on any atom is -0.477 e. The van der Waals surface area contributed by atoms with Crippen molar-refractivity contribution in [3.05, 3.63) is 11.6 Å². The fraction of sp³-hybridized carbons (Fsp3) is 0.583. The predicted molar refractivity (Wildman–Crippen MR) is 65.7 cm³/mol. The molecule has 0 saturated carbocycles. The number of aliphatic carboxylic acids is 1. The predicted octanol–water partition coefficient (Wildman–Crippen LogP) is 0.0210. The third-order valence-electron chi connectivity index (χ3n) is 3.14. The summed E-state index contributed by atoms with van der Waals surface area (Å²) in [5.41, 5.74) is 1.06. The zero-order valence-corrected chi connectivity index (χ0v) is 10.7. The van der Waals surface area contributed by atoms with Gasteiger partial charge in [0.2, 0.25) is 6.10 Å². The largest absolute Gasteiger partial charge is 0.477 e. The molecule has 2 aliphatic heterocycles. The van der Waals surface area contributed by atoms with Crippen molar-refractivity contribution in [2.45, 2.75) is 18.9 Å². The van der Waals surface area contributed by atoms with Gasteiger partial charge in [0.05, 0.1) is 6.61 Å². The molecular formula is C12H16N2O5. The van der Waals surface area contributed by atoms with Crippen molar-refractivity contribution in [2.75, 3.05) is 26.8 Å². The quantitative estimate of drug-likeness (QED) is 0.726. The minimum absolute atomic E-state index is 0.0271. The fourth-order valence-electron chi connectivity index (χ4n) is 2.07. The summed E-state index contributed by atoms with van der Waals surface area (Å²) in [5, 5.41) is 12.2. The molecule has 0 fully saturated rings. The van der Waals surface area contributed by atoms with E-state index in [2.05, 4.69) is 5.16 Å². The minimum atomic E-state index is -1.14. The van der Waals surface area contributed by atoms with E-state index in [1.54, 1.807) is 12.0 Å². The van der Waals surface area contributed by atoms with Gasteiger partial charge in [0.1, 0.15) is 0 Å². The Balaban J connectivity index is 1.88. The Kier molecular flexibility index (Phi) is 4.16. The molecule has 2 heterocycles. The number of carbonyl (C=O) groups excluding carboxylic acids is 1. The van der Waals surface area contributed by atoms with Crippen LogP contribution in [0, 0.1) is 0 Å². The second-order valence-corrected chi connectivity index (χ2v) is 4.47. The van der Waals surface area contributed by atoms with Gasteiger partial charge in [-0.3, -0.25) is 4.79 Å². The van der Waals surface area contributed by atoms with E-state index in [9.17, 15) is 9.59 Å². The van der Waals surface area contributed by atoms with Gasteiger partial charge in [-0.15, -0.1) is 0 Å². The zero-order valence-electron chi connectivity index (χ0n) is 10.7. The molecule has 0 aliphatic carbocycles. The highest BCUT2D eigenvalue weighted by molar-refractivity contribution is 6.36. The molecule has 2 rings (SSSR count). The van der Waals surface area contributed by atoms with Gasteiger partial charge in [-0.2, -0.15) is 0 Å². The van der Waals surface area contributed by atoms with Crippen molar-refractivity contribution in [3.8, 4) is 0 Å². The summed E-state index contributed by atoms with van der Waals surface area (Å²) in [6, 6.07) is 0. The smallest absolute Gasteiger partial charge is 0.353 e. The maximum Gasteiger partial charge on any atom is 0.353 e. The van der Waals surface area contributed by atoms with Crippen molar-refractivity contribution in [3.63, 3.8) is 0 Å². The van der Waals surface area contributed by atoms with Crippen LogP contribution in [0.5, 0.6) is 0 Å². The Morgan fingerprint density at radius 1 is 1.63 bits per heavy atom. The van der Waals surface area contributed by atoms with Gasteiger partial charge < -0.3 is 19.6 Å². The van der Waals surface area contributed by atoms with Crippen molar-refractivity contribution in [1.82, 2.24) is 4.90 Å². The van der Waals surface area contributed by atoms with Crippen LogP contribution in [-0.4, -0.2) is 60.5 Å². The normalized spacial score (nSPS) is 22.6. The van der Waals surface area contributed by atoms with Crippen molar-refractivity contribution in [2.24, 2.45) is 5.16 Å². The number of methoxy groups -OCH3 is 1. The van der Waals surface area contributed by atoms with Gasteiger partial charge >= 0.3 is 5.97 Å². The van der Waals surface area contributed by atoms with Gasteiger partial charge in [0, 0.05) is 26.6 Å². The number of hydrogen-bond acceptors (Lipinski definition) is 5. The second kappa shape index (κ2) is 5.83. The zero-order chi connectivity index (χ0) is 13.8. The first-order chi connectivity index (χ1) is 9.11. The Bertz CT molecular complexity index is 443. The van der Waals surface area contributed by atoms with E-state index in [0.717, 1.165) is 6.42 Å². The third-order valence-corrected chi connectivity index (χ3v) is 3.14. The fourth-order valence-corrected chi connectivity index (χ4v) is 2.07. The third kappa shape index (κ3) is 3.11. The number of amides is 1. The van der Waals surface area contributed by atoms with E-state index >= 15 is 0 Å². The molecule has 0 radical (unpaired) electrons. The van der Waals surface area contributed by atoms with Gasteiger partial charge in [0.25, 0.3) is 5.91 Å². The van der Waals surface area contributed by atoms with Crippen LogP contribution in [0.15, 0.2) is 16.8 Å². The lowest BCUT2D eigenvalue weighted by Gasteiger charge is -2.27. The molecule has 1 unspecified atom stereocenters. The number of hydrogen-bond donors (Lipinski definition) is 1. The van der Waals surface area contributed by atoms with Crippen molar-refractivity contribution >= 4 is 17.6 Å². The molecule has 0 aromatic carbocycles. The van der Waals surface area contributed by atoms with Crippen LogP contribution in [0.4, 0.5) is 0 Å². The first-order valence-electron chi connectivity index (χ1n) is 6.03. The highest BCUT2D eigenvalue weighted by Crippen LogP contribution is 2.17. The lowest BCUT2D eigenvalue weighted by Crippen LogP contribution is -2.42. The number of nitrogens with zero attached hydrogens (tertiary/aromatic N) is 2. The van der Waals surface area contributed by atoms with Crippen LogP contribution in [0.1, 0.15) is 12.8 Å². The molecule has 7 heteroatoms. The summed E-state index contributed by atoms with van der Waals surface area (Å²) in [4.78, 5) is 29.3. The van der Waals surface area contributed by atoms with Gasteiger partial charge in [-0.25, -0.2) is 4.79 Å². The molecule has 2 aliphatic rings. The van der Waals surface area contributed by atoms with E-state index in [-0.39, 0.29) is 18.0 Å². The van der Waals surface area contributed by atoms with E-state index in [1.807, 2.05) is 6.08 Å². The number of oxime groups is 1. The Labute approximate surface area is 110 Å². The number of carboxylic acids is 1. The molecular weight excluding hydrogens is 252 g/mol. The van der Waals surface area contributed by atoms with Crippen LogP contribution in [0.25, 0.3) is 0 Å². The van der Waals surface area contributed by atoms with Crippen LogP contribution in [0.3, 0.4) is 0 Å². The standard InChI is InChI=1S/C12H16N2O5/c1-18-7-8-2-4-14(5-3-8)11(15)10-6-9(12(16)17)13-19-10/h2,10H,3-7H2,1H3,(H,16,17). The molecule has 1 amide bonds. The molecule has 1 atom stereocenters. The maximum atomic E-state index is 12.1. The van der Waals surface area contributed by atoms with Crippen LogP contribution < -0.4 is 0 Å². The van der Waals surface area contributed by atoms with Crippen LogP contribution >= 0.6 is 0 Å². The highest BCUT2D eigenvalue weighted by Gasteiger charge is 2.34. The molecule has 0 spiro atoms. The van der Waals surface area contributed by atoms with Gasteiger partial charge in [0.15, 0.2) is 5.71 Å². The van der Waals surface area contributed by atoms with Crippen LogP contribution in [-0.2, 0) is 19.2 Å². The Morgan fingerprint density at radius 3 is 2.95 bits per heavy atom. The summed E-state index contributed by atoms with van der Waals surface area (Å²) >= 11 is 0. The van der Waals surface area contributed by atoms with Crippen molar-refractivity contribution in [1.29, 1.82) is 0 Å². The summed E-state index contributed by atoms with van der Waals surface area (Å²) in [5.74, 6) is -1.36. The van der Waals surface area contributed by atoms with E-state index in [0.29, 0.717) is 19.7 Å². The van der Waals surface area contributed by atoms with Gasteiger partial charge in [-0.05, 0) is 12.0 Å².